The third-order valence-corrected chi connectivity index (χ3v) is 8.35. The first kappa shape index (κ1) is 24.9. The molecule has 0 N–H and O–H groups in total. The molecule has 1 aliphatic rings. The average molecular weight is 494 g/mol. The van der Waals surface area contributed by atoms with E-state index in [-0.39, 0.29) is 19.0 Å². The summed E-state index contributed by atoms with van der Waals surface area (Å²) in [6.45, 7) is 9.35. The van der Waals surface area contributed by atoms with Gasteiger partial charge in [-0.3, -0.25) is 9.78 Å². The Kier molecular flexibility index (Phi) is 7.23. The zero-order valence-corrected chi connectivity index (χ0v) is 21.4. The largest absolute Gasteiger partial charge is 0.488 e. The van der Waals surface area contributed by atoms with Crippen LogP contribution in [0.3, 0.4) is 0 Å². The predicted molar refractivity (Wildman–Crippen MR) is 135 cm³/mol. The Labute approximate surface area is 207 Å². The van der Waals surface area contributed by atoms with Crippen LogP contribution < -0.4 is 4.74 Å². The van der Waals surface area contributed by atoms with Crippen LogP contribution in [0, 0.1) is 27.7 Å². The lowest BCUT2D eigenvalue weighted by Gasteiger charge is -2.34. The Morgan fingerprint density at radius 3 is 2.20 bits per heavy atom. The minimum absolute atomic E-state index is 0.0989. The molecule has 184 valence electrons. The summed E-state index contributed by atoms with van der Waals surface area (Å²) in [6.07, 6.45) is 3.49. The molecule has 0 radical (unpaired) electrons. The lowest BCUT2D eigenvalue weighted by atomic mass is 10.0. The van der Waals surface area contributed by atoms with Crippen molar-refractivity contribution in [2.45, 2.75) is 39.2 Å². The highest BCUT2D eigenvalue weighted by Gasteiger charge is 2.31. The monoisotopic (exact) mass is 493 g/mol. The first-order valence-electron chi connectivity index (χ1n) is 11.7. The highest BCUT2D eigenvalue weighted by molar-refractivity contribution is 7.89. The number of ether oxygens (including phenoxy) is 1. The highest BCUT2D eigenvalue weighted by Crippen LogP contribution is 2.27. The van der Waals surface area contributed by atoms with Gasteiger partial charge in [-0.1, -0.05) is 12.1 Å². The summed E-state index contributed by atoms with van der Waals surface area (Å²) in [5.41, 5.74) is 5.32. The van der Waals surface area contributed by atoms with E-state index < -0.39 is 10.0 Å². The van der Waals surface area contributed by atoms with E-state index in [4.69, 9.17) is 4.74 Å². The van der Waals surface area contributed by atoms with Crippen molar-refractivity contribution in [3.05, 3.63) is 88.2 Å². The molecule has 1 saturated heterocycles. The van der Waals surface area contributed by atoms with Crippen molar-refractivity contribution in [3.8, 4) is 5.75 Å². The summed E-state index contributed by atoms with van der Waals surface area (Å²) in [5, 5.41) is 0. The number of hydrogen-bond donors (Lipinski definition) is 0. The fraction of sp³-hybridized carbons (Fsp3) is 0.333. The van der Waals surface area contributed by atoms with E-state index in [1.54, 1.807) is 29.4 Å². The molecular formula is C27H31N3O4S. The number of pyridine rings is 1. The number of aromatic nitrogens is 1. The second-order valence-electron chi connectivity index (χ2n) is 9.03. The number of piperazine rings is 1. The van der Waals surface area contributed by atoms with Gasteiger partial charge in [0.2, 0.25) is 10.0 Å². The molecule has 3 aromatic rings. The van der Waals surface area contributed by atoms with E-state index in [1.165, 1.54) is 4.31 Å². The molecule has 1 aliphatic heterocycles. The number of hydrogen-bond acceptors (Lipinski definition) is 5. The van der Waals surface area contributed by atoms with Gasteiger partial charge < -0.3 is 9.64 Å². The number of aryl methyl sites for hydroxylation is 4. The summed E-state index contributed by atoms with van der Waals surface area (Å²) in [7, 11) is -3.59. The summed E-state index contributed by atoms with van der Waals surface area (Å²) in [6, 6.07) is 12.7. The van der Waals surface area contributed by atoms with Crippen LogP contribution >= 0.6 is 0 Å². The summed E-state index contributed by atoms with van der Waals surface area (Å²) in [4.78, 5) is 19.3. The number of carbonyl (C=O) groups is 1. The van der Waals surface area contributed by atoms with Crippen LogP contribution in [-0.2, 0) is 16.6 Å². The van der Waals surface area contributed by atoms with Gasteiger partial charge in [-0.05, 0) is 80.3 Å². The number of nitrogens with zero attached hydrogens (tertiary/aromatic N) is 3. The lowest BCUT2D eigenvalue weighted by molar-refractivity contribution is 0.0697. The normalized spacial score (nSPS) is 14.7. The molecule has 2 aromatic carbocycles. The molecule has 0 saturated carbocycles. The second kappa shape index (κ2) is 10.2. The van der Waals surface area contributed by atoms with E-state index in [0.717, 1.165) is 33.6 Å². The third-order valence-electron chi connectivity index (χ3n) is 6.46. The van der Waals surface area contributed by atoms with Gasteiger partial charge in [0.25, 0.3) is 5.91 Å². The van der Waals surface area contributed by atoms with E-state index in [2.05, 4.69) is 4.98 Å². The van der Waals surface area contributed by atoms with Crippen molar-refractivity contribution >= 4 is 15.9 Å². The molecule has 0 bridgehead atoms. The van der Waals surface area contributed by atoms with Crippen molar-refractivity contribution in [2.75, 3.05) is 26.2 Å². The zero-order chi connectivity index (χ0) is 25.2. The van der Waals surface area contributed by atoms with Crippen LogP contribution in [0.4, 0.5) is 0 Å². The third kappa shape index (κ3) is 5.39. The van der Waals surface area contributed by atoms with Crippen molar-refractivity contribution < 1.29 is 17.9 Å². The summed E-state index contributed by atoms with van der Waals surface area (Å²) >= 11 is 0. The van der Waals surface area contributed by atoms with Gasteiger partial charge >= 0.3 is 0 Å². The maximum atomic E-state index is 13.2. The molecule has 0 spiro atoms. The van der Waals surface area contributed by atoms with Gasteiger partial charge in [0.1, 0.15) is 12.4 Å². The Morgan fingerprint density at radius 1 is 0.914 bits per heavy atom. The van der Waals surface area contributed by atoms with Crippen LogP contribution in [0.1, 0.15) is 38.2 Å². The molecule has 7 nitrogen and oxygen atoms in total. The van der Waals surface area contributed by atoms with Crippen LogP contribution in [-0.4, -0.2) is 54.7 Å². The van der Waals surface area contributed by atoms with Crippen molar-refractivity contribution in [1.29, 1.82) is 0 Å². The van der Waals surface area contributed by atoms with E-state index in [1.807, 2.05) is 58.0 Å². The predicted octanol–water partition coefficient (Wildman–Crippen LogP) is 4.04. The Bertz CT molecular complexity index is 1310. The second-order valence-corrected chi connectivity index (χ2v) is 11.0. The number of carbonyl (C=O) groups excluding carboxylic acids is 1. The number of amides is 1. The average Bonchev–Trinajstić information content (AvgIpc) is 2.85. The summed E-state index contributed by atoms with van der Waals surface area (Å²) < 4.78 is 33.7. The van der Waals surface area contributed by atoms with Gasteiger partial charge in [-0.15, -0.1) is 0 Å². The molecule has 2 heterocycles. The lowest BCUT2D eigenvalue weighted by Crippen LogP contribution is -2.50. The Hall–Kier alpha value is -3.23. The quantitative estimate of drug-likeness (QED) is 0.518. The Morgan fingerprint density at radius 2 is 1.60 bits per heavy atom. The van der Waals surface area contributed by atoms with Gasteiger partial charge in [-0.2, -0.15) is 4.31 Å². The van der Waals surface area contributed by atoms with Gasteiger partial charge in [0.05, 0.1) is 4.90 Å². The minimum Gasteiger partial charge on any atom is -0.488 e. The fourth-order valence-corrected chi connectivity index (χ4v) is 5.79. The highest BCUT2D eigenvalue weighted by atomic mass is 32.2. The van der Waals surface area contributed by atoms with Gasteiger partial charge in [-0.25, -0.2) is 8.42 Å². The molecule has 0 unspecified atom stereocenters. The number of sulfonamides is 1. The van der Waals surface area contributed by atoms with E-state index in [9.17, 15) is 13.2 Å². The number of benzene rings is 2. The first-order chi connectivity index (χ1) is 16.7. The molecule has 4 rings (SSSR count). The van der Waals surface area contributed by atoms with Crippen molar-refractivity contribution in [1.82, 2.24) is 14.2 Å². The zero-order valence-electron chi connectivity index (χ0n) is 20.6. The van der Waals surface area contributed by atoms with Crippen molar-refractivity contribution in [2.24, 2.45) is 0 Å². The SMILES string of the molecule is Cc1ccc(S(=O)(=O)N2CCN(C(=O)c3cc(C)c(OCc4cccnc4)c(C)c3)CC2)cc1C. The Balaban J connectivity index is 1.42. The van der Waals surface area contributed by atoms with E-state index in [0.29, 0.717) is 30.2 Å². The molecular weight excluding hydrogens is 462 g/mol. The maximum absolute atomic E-state index is 13.2. The first-order valence-corrected chi connectivity index (χ1v) is 13.1. The van der Waals surface area contributed by atoms with Crippen LogP contribution in [0.15, 0.2) is 59.8 Å². The van der Waals surface area contributed by atoms with E-state index >= 15 is 0 Å². The van der Waals surface area contributed by atoms with Crippen LogP contribution in [0.25, 0.3) is 0 Å². The molecule has 1 aromatic heterocycles. The molecule has 0 atom stereocenters. The van der Waals surface area contributed by atoms with Crippen molar-refractivity contribution in [3.63, 3.8) is 0 Å². The van der Waals surface area contributed by atoms with Crippen LogP contribution in [0.5, 0.6) is 5.75 Å². The maximum Gasteiger partial charge on any atom is 0.253 e. The van der Waals surface area contributed by atoms with Gasteiger partial charge in [0, 0.05) is 49.7 Å². The molecule has 35 heavy (non-hydrogen) atoms. The molecule has 1 amide bonds. The van der Waals surface area contributed by atoms with Crippen LogP contribution in [0.2, 0.25) is 0 Å². The minimum atomic E-state index is -3.59. The summed E-state index contributed by atoms with van der Waals surface area (Å²) in [5.74, 6) is 0.660. The molecule has 8 heteroatoms. The molecule has 0 aliphatic carbocycles. The van der Waals surface area contributed by atoms with Gasteiger partial charge in [0.15, 0.2) is 0 Å². The fourth-order valence-electron chi connectivity index (χ4n) is 4.28. The standard InChI is InChI=1S/C27H31N3O4S/c1-19-7-8-25(16-20(19)2)35(32,33)30-12-10-29(11-13-30)27(31)24-14-21(3)26(22(4)15-24)34-18-23-6-5-9-28-17-23/h5-9,14-17H,10-13,18H2,1-4H3. The smallest absolute Gasteiger partial charge is 0.253 e. The number of rotatable bonds is 6. The molecule has 1 fully saturated rings. The topological polar surface area (TPSA) is 79.8 Å².